The average Bonchev–Trinajstić information content (AvgIpc) is 2.83. The Labute approximate surface area is 103 Å². The van der Waals surface area contributed by atoms with Crippen molar-refractivity contribution in [2.75, 3.05) is 18.1 Å². The molecule has 0 radical (unpaired) electrons. The number of benzene rings is 1. The van der Waals surface area contributed by atoms with Gasteiger partial charge in [0.15, 0.2) is 0 Å². The molecule has 0 spiro atoms. The standard InChI is InChI=1S/C12H13N3OS/c1-14-12(16)8-2-3-11(10(13)6-8)15-9-4-5-17-7-9/h2-7,15H,13H2,1H3,(H,14,16). The zero-order valence-corrected chi connectivity index (χ0v) is 10.2. The van der Waals surface area contributed by atoms with Gasteiger partial charge in [0.25, 0.3) is 5.91 Å². The maximum absolute atomic E-state index is 11.4. The van der Waals surface area contributed by atoms with Gasteiger partial charge in [0.1, 0.15) is 0 Å². The summed E-state index contributed by atoms with van der Waals surface area (Å²) in [5.41, 5.74) is 8.80. The highest BCUT2D eigenvalue weighted by atomic mass is 32.1. The minimum absolute atomic E-state index is 0.140. The molecule has 0 unspecified atom stereocenters. The molecule has 0 atom stereocenters. The third-order valence-electron chi connectivity index (χ3n) is 2.34. The fraction of sp³-hybridized carbons (Fsp3) is 0.0833. The Morgan fingerprint density at radius 1 is 1.35 bits per heavy atom. The van der Waals surface area contributed by atoms with Gasteiger partial charge in [0.05, 0.1) is 11.4 Å². The third kappa shape index (κ3) is 2.57. The van der Waals surface area contributed by atoms with Crippen LogP contribution in [0.1, 0.15) is 10.4 Å². The minimum Gasteiger partial charge on any atom is -0.397 e. The van der Waals surface area contributed by atoms with E-state index in [1.165, 1.54) is 0 Å². The summed E-state index contributed by atoms with van der Waals surface area (Å²) >= 11 is 1.61. The highest BCUT2D eigenvalue weighted by Gasteiger charge is 2.06. The van der Waals surface area contributed by atoms with Gasteiger partial charge in [-0.25, -0.2) is 0 Å². The molecule has 0 aliphatic carbocycles. The van der Waals surface area contributed by atoms with Crippen LogP contribution in [0.2, 0.25) is 0 Å². The number of hydrogen-bond acceptors (Lipinski definition) is 4. The zero-order chi connectivity index (χ0) is 12.3. The Hall–Kier alpha value is -2.01. The van der Waals surface area contributed by atoms with E-state index in [0.717, 1.165) is 11.4 Å². The second kappa shape index (κ2) is 4.88. The van der Waals surface area contributed by atoms with Crippen LogP contribution in [-0.4, -0.2) is 13.0 Å². The normalized spacial score (nSPS) is 9.94. The van der Waals surface area contributed by atoms with E-state index >= 15 is 0 Å². The van der Waals surface area contributed by atoms with Gasteiger partial charge >= 0.3 is 0 Å². The van der Waals surface area contributed by atoms with E-state index < -0.39 is 0 Å². The summed E-state index contributed by atoms with van der Waals surface area (Å²) < 4.78 is 0. The number of nitrogens with one attached hydrogen (secondary N) is 2. The van der Waals surface area contributed by atoms with Crippen molar-refractivity contribution < 1.29 is 4.79 Å². The Bertz CT molecular complexity index is 523. The van der Waals surface area contributed by atoms with Gasteiger partial charge in [0.2, 0.25) is 0 Å². The minimum atomic E-state index is -0.140. The van der Waals surface area contributed by atoms with Gasteiger partial charge in [-0.2, -0.15) is 11.3 Å². The number of anilines is 3. The largest absolute Gasteiger partial charge is 0.397 e. The van der Waals surface area contributed by atoms with Crippen molar-refractivity contribution in [1.29, 1.82) is 0 Å². The molecule has 1 amide bonds. The van der Waals surface area contributed by atoms with Gasteiger partial charge in [0, 0.05) is 23.7 Å². The van der Waals surface area contributed by atoms with Crippen LogP contribution in [0.5, 0.6) is 0 Å². The van der Waals surface area contributed by atoms with Crippen molar-refractivity contribution >= 4 is 34.3 Å². The zero-order valence-electron chi connectivity index (χ0n) is 9.36. The maximum atomic E-state index is 11.4. The smallest absolute Gasteiger partial charge is 0.251 e. The van der Waals surface area contributed by atoms with Crippen LogP contribution < -0.4 is 16.4 Å². The number of amides is 1. The lowest BCUT2D eigenvalue weighted by molar-refractivity contribution is 0.0963. The van der Waals surface area contributed by atoms with E-state index in [0.29, 0.717) is 11.3 Å². The highest BCUT2D eigenvalue weighted by Crippen LogP contribution is 2.25. The van der Waals surface area contributed by atoms with Crippen LogP contribution in [0.3, 0.4) is 0 Å². The summed E-state index contributed by atoms with van der Waals surface area (Å²) in [6.07, 6.45) is 0. The van der Waals surface area contributed by atoms with Crippen LogP contribution >= 0.6 is 11.3 Å². The van der Waals surface area contributed by atoms with Gasteiger partial charge in [-0.1, -0.05) is 0 Å². The Balaban J connectivity index is 2.23. The van der Waals surface area contributed by atoms with E-state index in [2.05, 4.69) is 10.6 Å². The van der Waals surface area contributed by atoms with Gasteiger partial charge in [-0.3, -0.25) is 4.79 Å². The number of hydrogen-bond donors (Lipinski definition) is 3. The van der Waals surface area contributed by atoms with Crippen LogP contribution in [0.4, 0.5) is 17.1 Å². The molecule has 0 aliphatic rings. The summed E-state index contributed by atoms with van der Waals surface area (Å²) in [7, 11) is 1.59. The summed E-state index contributed by atoms with van der Waals surface area (Å²) in [5, 5.41) is 9.73. The Morgan fingerprint density at radius 3 is 2.76 bits per heavy atom. The first kappa shape index (κ1) is 11.5. The summed E-state index contributed by atoms with van der Waals surface area (Å²) in [6, 6.07) is 7.17. The SMILES string of the molecule is CNC(=O)c1ccc(Nc2ccsc2)c(N)c1. The molecule has 0 saturated heterocycles. The van der Waals surface area contributed by atoms with Crippen molar-refractivity contribution in [2.24, 2.45) is 0 Å². The van der Waals surface area contributed by atoms with E-state index in [-0.39, 0.29) is 5.91 Å². The third-order valence-corrected chi connectivity index (χ3v) is 3.02. The summed E-state index contributed by atoms with van der Waals surface area (Å²) in [4.78, 5) is 11.4. The fourth-order valence-corrected chi connectivity index (χ4v) is 2.04. The van der Waals surface area contributed by atoms with Crippen molar-refractivity contribution in [1.82, 2.24) is 5.32 Å². The molecule has 4 nitrogen and oxygen atoms in total. The number of rotatable bonds is 3. The monoisotopic (exact) mass is 247 g/mol. The predicted octanol–water partition coefficient (Wildman–Crippen LogP) is 2.43. The highest BCUT2D eigenvalue weighted by molar-refractivity contribution is 7.08. The lowest BCUT2D eigenvalue weighted by Crippen LogP contribution is -2.17. The average molecular weight is 247 g/mol. The molecule has 5 heteroatoms. The lowest BCUT2D eigenvalue weighted by atomic mass is 10.1. The van der Waals surface area contributed by atoms with Crippen molar-refractivity contribution in [3.05, 3.63) is 40.6 Å². The van der Waals surface area contributed by atoms with Gasteiger partial charge in [-0.15, -0.1) is 0 Å². The Morgan fingerprint density at radius 2 is 2.18 bits per heavy atom. The number of carbonyl (C=O) groups is 1. The number of nitrogen functional groups attached to an aromatic ring is 1. The maximum Gasteiger partial charge on any atom is 0.251 e. The van der Waals surface area contributed by atoms with Crippen LogP contribution in [0.25, 0.3) is 0 Å². The predicted molar refractivity (Wildman–Crippen MR) is 71.8 cm³/mol. The molecule has 1 aromatic carbocycles. The van der Waals surface area contributed by atoms with Crippen LogP contribution in [-0.2, 0) is 0 Å². The van der Waals surface area contributed by atoms with Crippen LogP contribution in [0.15, 0.2) is 35.0 Å². The molecular formula is C12H13N3OS. The fourth-order valence-electron chi connectivity index (χ4n) is 1.45. The van der Waals surface area contributed by atoms with Crippen molar-refractivity contribution in [3.63, 3.8) is 0 Å². The molecule has 88 valence electrons. The molecule has 0 saturated carbocycles. The first-order valence-electron chi connectivity index (χ1n) is 5.11. The summed E-state index contributed by atoms with van der Waals surface area (Å²) in [5.74, 6) is -0.140. The first-order chi connectivity index (χ1) is 8.20. The van der Waals surface area contributed by atoms with Crippen molar-refractivity contribution in [2.45, 2.75) is 0 Å². The van der Waals surface area contributed by atoms with Crippen molar-refractivity contribution in [3.8, 4) is 0 Å². The topological polar surface area (TPSA) is 67.2 Å². The van der Waals surface area contributed by atoms with E-state index in [1.54, 1.807) is 36.6 Å². The molecule has 0 aliphatic heterocycles. The first-order valence-corrected chi connectivity index (χ1v) is 6.06. The Kier molecular flexibility index (Phi) is 3.30. The number of thiophene rings is 1. The second-order valence-corrected chi connectivity index (χ2v) is 4.30. The lowest BCUT2D eigenvalue weighted by Gasteiger charge is -2.09. The molecule has 2 rings (SSSR count). The van der Waals surface area contributed by atoms with Gasteiger partial charge in [-0.05, 0) is 29.6 Å². The molecular weight excluding hydrogens is 234 g/mol. The molecule has 4 N–H and O–H groups in total. The second-order valence-electron chi connectivity index (χ2n) is 3.52. The van der Waals surface area contributed by atoms with E-state index in [1.807, 2.05) is 16.8 Å². The van der Waals surface area contributed by atoms with E-state index in [9.17, 15) is 4.79 Å². The van der Waals surface area contributed by atoms with Gasteiger partial charge < -0.3 is 16.4 Å². The molecule has 1 aromatic heterocycles. The van der Waals surface area contributed by atoms with Crippen LogP contribution in [0, 0.1) is 0 Å². The molecule has 0 fully saturated rings. The molecule has 17 heavy (non-hydrogen) atoms. The molecule has 2 aromatic rings. The number of nitrogens with two attached hydrogens (primary N) is 1. The molecule has 0 bridgehead atoms. The molecule has 1 heterocycles. The van der Waals surface area contributed by atoms with E-state index in [4.69, 9.17) is 5.73 Å². The summed E-state index contributed by atoms with van der Waals surface area (Å²) in [6.45, 7) is 0. The quantitative estimate of drug-likeness (QED) is 0.730. The number of carbonyl (C=O) groups excluding carboxylic acids is 1.